The molecule has 0 aliphatic carbocycles. The van der Waals surface area contributed by atoms with Crippen LogP contribution in [0.4, 0.5) is 4.79 Å². The lowest BCUT2D eigenvalue weighted by molar-refractivity contribution is 0.123. The van der Waals surface area contributed by atoms with Crippen molar-refractivity contribution >= 4 is 6.09 Å². The van der Waals surface area contributed by atoms with Gasteiger partial charge >= 0.3 is 6.09 Å². The summed E-state index contributed by atoms with van der Waals surface area (Å²) in [6, 6.07) is 9.37. The Morgan fingerprint density at radius 2 is 2.42 bits per heavy atom. The van der Waals surface area contributed by atoms with Gasteiger partial charge in [0.25, 0.3) is 0 Å². The first-order valence-corrected chi connectivity index (χ1v) is 6.29. The quantitative estimate of drug-likeness (QED) is 0.901. The van der Waals surface area contributed by atoms with E-state index in [1.54, 1.807) is 0 Å². The Labute approximate surface area is 112 Å². The molecule has 0 radical (unpaired) electrons. The summed E-state index contributed by atoms with van der Waals surface area (Å²) in [5.74, 6) is 0.685. The summed E-state index contributed by atoms with van der Waals surface area (Å²) in [6.45, 7) is 0.945. The number of carboxylic acid groups (broad SMARTS) is 1. The SMILES string of the molecule is N#CCc1cccc(OC[C@H]2CCCN2C(=O)O)c1. The van der Waals surface area contributed by atoms with Crippen LogP contribution >= 0.6 is 0 Å². The van der Waals surface area contributed by atoms with E-state index in [1.165, 1.54) is 4.90 Å². The van der Waals surface area contributed by atoms with Crippen LogP contribution in [0.5, 0.6) is 5.75 Å². The van der Waals surface area contributed by atoms with Crippen LogP contribution in [-0.2, 0) is 6.42 Å². The van der Waals surface area contributed by atoms with E-state index in [4.69, 9.17) is 15.1 Å². The molecule has 0 aromatic heterocycles. The lowest BCUT2D eigenvalue weighted by Gasteiger charge is -2.21. The molecule has 0 unspecified atom stereocenters. The molecule has 0 spiro atoms. The highest BCUT2D eigenvalue weighted by Gasteiger charge is 2.28. The van der Waals surface area contributed by atoms with Gasteiger partial charge in [-0.2, -0.15) is 5.26 Å². The fourth-order valence-corrected chi connectivity index (χ4v) is 2.29. The van der Waals surface area contributed by atoms with Crippen molar-refractivity contribution < 1.29 is 14.6 Å². The normalized spacial score (nSPS) is 18.1. The zero-order valence-corrected chi connectivity index (χ0v) is 10.6. The molecule has 1 atom stereocenters. The van der Waals surface area contributed by atoms with Crippen LogP contribution in [0.1, 0.15) is 18.4 Å². The minimum Gasteiger partial charge on any atom is -0.491 e. The van der Waals surface area contributed by atoms with Gasteiger partial charge in [0.1, 0.15) is 12.4 Å². The predicted molar refractivity (Wildman–Crippen MR) is 69.0 cm³/mol. The third-order valence-corrected chi connectivity index (χ3v) is 3.25. The van der Waals surface area contributed by atoms with Gasteiger partial charge in [-0.1, -0.05) is 12.1 Å². The zero-order valence-electron chi connectivity index (χ0n) is 10.6. The van der Waals surface area contributed by atoms with Crippen LogP contribution in [0.3, 0.4) is 0 Å². The van der Waals surface area contributed by atoms with E-state index in [0.717, 1.165) is 18.4 Å². The number of hydrogen-bond donors (Lipinski definition) is 1. The fourth-order valence-electron chi connectivity index (χ4n) is 2.29. The predicted octanol–water partition coefficient (Wildman–Crippen LogP) is 2.27. The molecule has 5 nitrogen and oxygen atoms in total. The molecule has 2 rings (SSSR count). The van der Waals surface area contributed by atoms with Crippen molar-refractivity contribution in [3.8, 4) is 11.8 Å². The Morgan fingerprint density at radius 1 is 1.58 bits per heavy atom. The summed E-state index contributed by atoms with van der Waals surface area (Å²) in [5.41, 5.74) is 0.904. The van der Waals surface area contributed by atoms with E-state index in [2.05, 4.69) is 6.07 Å². The fraction of sp³-hybridized carbons (Fsp3) is 0.429. The molecule has 0 saturated carbocycles. The maximum absolute atomic E-state index is 11.0. The van der Waals surface area contributed by atoms with E-state index in [0.29, 0.717) is 25.3 Å². The van der Waals surface area contributed by atoms with Crippen molar-refractivity contribution in [3.63, 3.8) is 0 Å². The molecule has 100 valence electrons. The third-order valence-electron chi connectivity index (χ3n) is 3.25. The van der Waals surface area contributed by atoms with E-state index in [9.17, 15) is 4.79 Å². The molecule has 1 N–H and O–H groups in total. The van der Waals surface area contributed by atoms with Gasteiger partial charge in [0.15, 0.2) is 0 Å². The first-order chi connectivity index (χ1) is 9.20. The minimum atomic E-state index is -0.885. The highest BCUT2D eigenvalue weighted by molar-refractivity contribution is 5.65. The number of ether oxygens (including phenoxy) is 1. The molecule has 1 fully saturated rings. The van der Waals surface area contributed by atoms with Gasteiger partial charge in [-0.05, 0) is 30.5 Å². The molecule has 1 aliphatic rings. The van der Waals surface area contributed by atoms with Gasteiger partial charge in [-0.25, -0.2) is 4.79 Å². The van der Waals surface area contributed by atoms with Gasteiger partial charge in [-0.3, -0.25) is 0 Å². The molecular formula is C14H16N2O3. The van der Waals surface area contributed by atoms with Gasteiger partial charge in [0, 0.05) is 6.54 Å². The van der Waals surface area contributed by atoms with Crippen molar-refractivity contribution in [3.05, 3.63) is 29.8 Å². The van der Waals surface area contributed by atoms with Crippen LogP contribution in [0.25, 0.3) is 0 Å². The summed E-state index contributed by atoms with van der Waals surface area (Å²) in [5, 5.41) is 17.7. The molecule has 1 aromatic rings. The topological polar surface area (TPSA) is 73.6 Å². The van der Waals surface area contributed by atoms with Crippen LogP contribution in [0, 0.1) is 11.3 Å². The monoisotopic (exact) mass is 260 g/mol. The Bertz CT molecular complexity index is 496. The second kappa shape index (κ2) is 6.10. The van der Waals surface area contributed by atoms with E-state index in [1.807, 2.05) is 24.3 Å². The van der Waals surface area contributed by atoms with E-state index < -0.39 is 6.09 Å². The molecular weight excluding hydrogens is 244 g/mol. The number of rotatable bonds is 4. The smallest absolute Gasteiger partial charge is 0.407 e. The number of nitrogens with zero attached hydrogens (tertiary/aromatic N) is 2. The van der Waals surface area contributed by atoms with Gasteiger partial charge < -0.3 is 14.7 Å². The first kappa shape index (κ1) is 13.2. The summed E-state index contributed by atoms with van der Waals surface area (Å²) in [7, 11) is 0. The third kappa shape index (κ3) is 3.38. The van der Waals surface area contributed by atoms with Gasteiger partial charge in [0.2, 0.25) is 0 Å². The second-order valence-corrected chi connectivity index (χ2v) is 4.57. The number of benzene rings is 1. The second-order valence-electron chi connectivity index (χ2n) is 4.57. The Kier molecular flexibility index (Phi) is 4.24. The average molecular weight is 260 g/mol. The molecule has 1 aromatic carbocycles. The standard InChI is InChI=1S/C14H16N2O3/c15-7-6-11-3-1-5-13(9-11)19-10-12-4-2-8-16(12)14(17)18/h1,3,5,9,12H,2,4,6,8,10H2,(H,17,18)/t12-/m1/s1. The Balaban J connectivity index is 1.93. The number of carbonyl (C=O) groups is 1. The number of nitriles is 1. The number of amides is 1. The van der Waals surface area contributed by atoms with Crippen LogP contribution in [0.15, 0.2) is 24.3 Å². The molecule has 1 amide bonds. The van der Waals surface area contributed by atoms with Crippen molar-refractivity contribution in [2.24, 2.45) is 0 Å². The molecule has 1 heterocycles. The molecule has 0 bridgehead atoms. The van der Waals surface area contributed by atoms with E-state index in [-0.39, 0.29) is 6.04 Å². The van der Waals surface area contributed by atoms with Crippen LogP contribution < -0.4 is 4.74 Å². The first-order valence-electron chi connectivity index (χ1n) is 6.29. The highest BCUT2D eigenvalue weighted by atomic mass is 16.5. The Hall–Kier alpha value is -2.22. The van der Waals surface area contributed by atoms with Crippen molar-refractivity contribution in [2.75, 3.05) is 13.2 Å². The van der Waals surface area contributed by atoms with Crippen molar-refractivity contribution in [1.82, 2.24) is 4.90 Å². The molecule has 5 heteroatoms. The number of likely N-dealkylation sites (tertiary alicyclic amines) is 1. The maximum atomic E-state index is 11.0. The molecule has 1 aliphatic heterocycles. The minimum absolute atomic E-state index is 0.0721. The summed E-state index contributed by atoms with van der Waals surface area (Å²) >= 11 is 0. The van der Waals surface area contributed by atoms with E-state index >= 15 is 0 Å². The van der Waals surface area contributed by atoms with Crippen molar-refractivity contribution in [2.45, 2.75) is 25.3 Å². The lowest BCUT2D eigenvalue weighted by Crippen LogP contribution is -2.37. The van der Waals surface area contributed by atoms with Crippen LogP contribution in [-0.4, -0.2) is 35.3 Å². The van der Waals surface area contributed by atoms with Crippen molar-refractivity contribution in [1.29, 1.82) is 5.26 Å². The molecule has 1 saturated heterocycles. The zero-order chi connectivity index (χ0) is 13.7. The summed E-state index contributed by atoms with van der Waals surface area (Å²) in [4.78, 5) is 12.4. The van der Waals surface area contributed by atoms with Gasteiger partial charge in [0.05, 0.1) is 18.5 Å². The Morgan fingerprint density at radius 3 is 3.16 bits per heavy atom. The van der Waals surface area contributed by atoms with Crippen LogP contribution in [0.2, 0.25) is 0 Å². The summed E-state index contributed by atoms with van der Waals surface area (Å²) < 4.78 is 5.64. The largest absolute Gasteiger partial charge is 0.491 e. The summed E-state index contributed by atoms with van der Waals surface area (Å²) in [6.07, 6.45) is 1.19. The molecule has 19 heavy (non-hydrogen) atoms. The van der Waals surface area contributed by atoms with Gasteiger partial charge in [-0.15, -0.1) is 0 Å². The lowest BCUT2D eigenvalue weighted by atomic mass is 10.1. The number of hydrogen-bond acceptors (Lipinski definition) is 3. The average Bonchev–Trinajstić information content (AvgIpc) is 2.86. The maximum Gasteiger partial charge on any atom is 0.407 e. The highest BCUT2D eigenvalue weighted by Crippen LogP contribution is 2.20.